The molecular formula is C10H20N2O3. The summed E-state index contributed by atoms with van der Waals surface area (Å²) in [6.45, 7) is 6.91. The lowest BCUT2D eigenvalue weighted by Gasteiger charge is -2.22. The molecule has 0 heterocycles. The Kier molecular flexibility index (Phi) is 4.74. The Labute approximate surface area is 90.1 Å². The maximum atomic E-state index is 11.4. The van der Waals surface area contributed by atoms with Crippen molar-refractivity contribution in [2.75, 3.05) is 0 Å². The van der Waals surface area contributed by atoms with Gasteiger partial charge in [-0.3, -0.25) is 9.59 Å². The van der Waals surface area contributed by atoms with Crippen molar-refractivity contribution in [3.8, 4) is 0 Å². The van der Waals surface area contributed by atoms with E-state index >= 15 is 0 Å². The third kappa shape index (κ3) is 6.06. The molecule has 5 nitrogen and oxygen atoms in total. The topological polar surface area (TPSA) is 95.4 Å². The number of carbonyl (C=O) groups is 2. The van der Waals surface area contributed by atoms with Crippen molar-refractivity contribution in [1.82, 2.24) is 0 Å². The molecule has 0 fully saturated rings. The Hall–Kier alpha value is -1.10. The summed E-state index contributed by atoms with van der Waals surface area (Å²) in [6.07, 6.45) is 0.213. The lowest BCUT2D eigenvalue weighted by Crippen LogP contribution is -2.40. The Morgan fingerprint density at radius 3 is 2.13 bits per heavy atom. The summed E-state index contributed by atoms with van der Waals surface area (Å²) < 4.78 is 5.06. The Morgan fingerprint density at radius 1 is 1.33 bits per heavy atom. The van der Waals surface area contributed by atoms with Crippen molar-refractivity contribution >= 4 is 11.9 Å². The van der Waals surface area contributed by atoms with Gasteiger partial charge >= 0.3 is 5.97 Å². The van der Waals surface area contributed by atoms with E-state index in [1.807, 2.05) is 0 Å². The summed E-state index contributed by atoms with van der Waals surface area (Å²) in [6, 6.07) is -0.799. The van der Waals surface area contributed by atoms with Crippen molar-refractivity contribution in [2.24, 2.45) is 17.4 Å². The van der Waals surface area contributed by atoms with Gasteiger partial charge in [-0.2, -0.15) is 0 Å². The lowest BCUT2D eigenvalue weighted by atomic mass is 10.0. The summed E-state index contributed by atoms with van der Waals surface area (Å²) in [5.41, 5.74) is 10.1. The van der Waals surface area contributed by atoms with E-state index in [-0.39, 0.29) is 6.42 Å². The first-order valence-corrected chi connectivity index (χ1v) is 4.91. The first kappa shape index (κ1) is 13.9. The SMILES string of the molecule is CC(C[C@H](N)C(=O)OC(C)(C)C)C(N)=O. The number of hydrogen-bond acceptors (Lipinski definition) is 4. The van der Waals surface area contributed by atoms with E-state index in [1.165, 1.54) is 0 Å². The van der Waals surface area contributed by atoms with Gasteiger partial charge in [-0.1, -0.05) is 6.92 Å². The first-order valence-electron chi connectivity index (χ1n) is 4.91. The van der Waals surface area contributed by atoms with Crippen LogP contribution >= 0.6 is 0 Å². The summed E-state index contributed by atoms with van der Waals surface area (Å²) in [5, 5.41) is 0. The standard InChI is InChI=1S/C10H20N2O3/c1-6(8(12)13)5-7(11)9(14)15-10(2,3)4/h6-7H,5,11H2,1-4H3,(H2,12,13)/t6?,7-/m0/s1. The van der Waals surface area contributed by atoms with Crippen LogP contribution in [0.2, 0.25) is 0 Å². The molecule has 0 aliphatic heterocycles. The first-order chi connectivity index (χ1) is 6.63. The molecule has 2 atom stereocenters. The monoisotopic (exact) mass is 216 g/mol. The van der Waals surface area contributed by atoms with Crippen molar-refractivity contribution in [1.29, 1.82) is 0 Å². The van der Waals surface area contributed by atoms with Crippen molar-refractivity contribution in [2.45, 2.75) is 45.8 Å². The molecule has 0 saturated heterocycles. The second-order valence-electron chi connectivity index (χ2n) is 4.68. The van der Waals surface area contributed by atoms with Crippen LogP contribution in [0.15, 0.2) is 0 Å². The van der Waals surface area contributed by atoms with Gasteiger partial charge in [0.25, 0.3) is 0 Å². The second-order valence-corrected chi connectivity index (χ2v) is 4.68. The molecule has 88 valence electrons. The summed E-state index contributed by atoms with van der Waals surface area (Å²) in [7, 11) is 0. The number of esters is 1. The maximum absolute atomic E-state index is 11.4. The zero-order valence-electron chi connectivity index (χ0n) is 9.74. The van der Waals surface area contributed by atoms with Crippen LogP contribution in [0.25, 0.3) is 0 Å². The molecular weight excluding hydrogens is 196 g/mol. The van der Waals surface area contributed by atoms with E-state index in [4.69, 9.17) is 16.2 Å². The molecule has 0 rings (SSSR count). The summed E-state index contributed by atoms with van der Waals surface area (Å²) >= 11 is 0. The van der Waals surface area contributed by atoms with E-state index in [0.29, 0.717) is 0 Å². The summed E-state index contributed by atoms with van der Waals surface area (Å²) in [4.78, 5) is 22.2. The van der Waals surface area contributed by atoms with Gasteiger partial charge in [0.15, 0.2) is 0 Å². The van der Waals surface area contributed by atoms with Gasteiger partial charge in [-0.25, -0.2) is 0 Å². The van der Waals surface area contributed by atoms with Gasteiger partial charge in [-0.15, -0.1) is 0 Å². The molecule has 15 heavy (non-hydrogen) atoms. The predicted octanol–water partition coefficient (Wildman–Crippen LogP) is 0.167. The number of carbonyl (C=O) groups excluding carboxylic acids is 2. The van der Waals surface area contributed by atoms with Gasteiger partial charge in [-0.05, 0) is 27.2 Å². The lowest BCUT2D eigenvalue weighted by molar-refractivity contribution is -0.156. The highest BCUT2D eigenvalue weighted by Gasteiger charge is 2.24. The molecule has 4 N–H and O–H groups in total. The molecule has 0 aromatic rings. The fourth-order valence-electron chi connectivity index (χ4n) is 0.971. The average Bonchev–Trinajstić information content (AvgIpc) is 2.00. The molecule has 5 heteroatoms. The van der Waals surface area contributed by atoms with Gasteiger partial charge in [0.2, 0.25) is 5.91 Å². The number of ether oxygens (including phenoxy) is 1. The quantitative estimate of drug-likeness (QED) is 0.655. The Balaban J connectivity index is 4.17. The van der Waals surface area contributed by atoms with Crippen LogP contribution in [0, 0.1) is 5.92 Å². The summed E-state index contributed by atoms with van der Waals surface area (Å²) in [5.74, 6) is -1.39. The molecule has 0 bridgehead atoms. The fraction of sp³-hybridized carbons (Fsp3) is 0.800. The number of primary amides is 1. The molecule has 0 spiro atoms. The second kappa shape index (κ2) is 5.11. The van der Waals surface area contributed by atoms with E-state index in [2.05, 4.69) is 0 Å². The maximum Gasteiger partial charge on any atom is 0.323 e. The van der Waals surface area contributed by atoms with Gasteiger partial charge in [0.05, 0.1) is 0 Å². The van der Waals surface area contributed by atoms with Crippen molar-refractivity contribution in [3.63, 3.8) is 0 Å². The van der Waals surface area contributed by atoms with Gasteiger partial charge < -0.3 is 16.2 Å². The van der Waals surface area contributed by atoms with Gasteiger partial charge in [0.1, 0.15) is 11.6 Å². The highest BCUT2D eigenvalue weighted by molar-refractivity contribution is 5.79. The van der Waals surface area contributed by atoms with E-state index in [0.717, 1.165) is 0 Å². The zero-order chi connectivity index (χ0) is 12.2. The van der Waals surface area contributed by atoms with Crippen molar-refractivity contribution < 1.29 is 14.3 Å². The van der Waals surface area contributed by atoms with Crippen molar-refractivity contribution in [3.05, 3.63) is 0 Å². The zero-order valence-corrected chi connectivity index (χ0v) is 9.74. The minimum absolute atomic E-state index is 0.213. The molecule has 0 radical (unpaired) electrons. The fourth-order valence-corrected chi connectivity index (χ4v) is 0.971. The van der Waals surface area contributed by atoms with Crippen LogP contribution in [0.3, 0.4) is 0 Å². The average molecular weight is 216 g/mol. The third-order valence-corrected chi connectivity index (χ3v) is 1.80. The Bertz CT molecular complexity index is 246. The minimum Gasteiger partial charge on any atom is -0.459 e. The number of amides is 1. The van der Waals surface area contributed by atoms with E-state index < -0.39 is 29.4 Å². The van der Waals surface area contributed by atoms with E-state index in [1.54, 1.807) is 27.7 Å². The molecule has 0 saturated carbocycles. The van der Waals surface area contributed by atoms with Gasteiger partial charge in [0, 0.05) is 5.92 Å². The largest absolute Gasteiger partial charge is 0.459 e. The third-order valence-electron chi connectivity index (χ3n) is 1.80. The number of nitrogens with two attached hydrogens (primary N) is 2. The highest BCUT2D eigenvalue weighted by atomic mass is 16.6. The molecule has 0 aromatic heterocycles. The van der Waals surface area contributed by atoms with Crippen LogP contribution in [-0.4, -0.2) is 23.5 Å². The highest BCUT2D eigenvalue weighted by Crippen LogP contribution is 2.11. The normalized spacial score (nSPS) is 15.5. The van der Waals surface area contributed by atoms with E-state index in [9.17, 15) is 9.59 Å². The Morgan fingerprint density at radius 2 is 1.80 bits per heavy atom. The van der Waals surface area contributed by atoms with Crippen LogP contribution < -0.4 is 11.5 Å². The van der Waals surface area contributed by atoms with Crippen LogP contribution in [-0.2, 0) is 14.3 Å². The molecule has 0 aliphatic carbocycles. The molecule has 0 aromatic carbocycles. The molecule has 0 aliphatic rings. The van der Waals surface area contributed by atoms with Crippen LogP contribution in [0.5, 0.6) is 0 Å². The van der Waals surface area contributed by atoms with Crippen LogP contribution in [0.4, 0.5) is 0 Å². The molecule has 1 unspecified atom stereocenters. The van der Waals surface area contributed by atoms with Crippen LogP contribution in [0.1, 0.15) is 34.1 Å². The number of rotatable bonds is 4. The number of hydrogen-bond donors (Lipinski definition) is 2. The minimum atomic E-state index is -0.799. The smallest absolute Gasteiger partial charge is 0.323 e. The molecule has 1 amide bonds. The predicted molar refractivity (Wildman–Crippen MR) is 56.8 cm³/mol.